The molecule has 0 unspecified atom stereocenters. The molecule has 0 aliphatic carbocycles. The summed E-state index contributed by atoms with van der Waals surface area (Å²) in [4.78, 5) is 12.8. The molecule has 0 radical (unpaired) electrons. The second-order valence-corrected chi connectivity index (χ2v) is 10.1. The van der Waals surface area contributed by atoms with Crippen LogP contribution in [0.5, 0.6) is 0 Å². The van der Waals surface area contributed by atoms with Crippen LogP contribution in [0.3, 0.4) is 0 Å². The van der Waals surface area contributed by atoms with Gasteiger partial charge in [0.15, 0.2) is 0 Å². The number of nitrogens with zero attached hydrogens (tertiary/aromatic N) is 2. The van der Waals surface area contributed by atoms with Crippen molar-refractivity contribution in [3.63, 3.8) is 0 Å². The Balaban J connectivity index is 1.82. The van der Waals surface area contributed by atoms with Crippen molar-refractivity contribution < 1.29 is 13.2 Å². The average molecular weight is 464 g/mol. The number of benzene rings is 3. The zero-order valence-corrected chi connectivity index (χ0v) is 20.1. The lowest BCUT2D eigenvalue weighted by Gasteiger charge is -2.25. The van der Waals surface area contributed by atoms with E-state index in [4.69, 9.17) is 0 Å². The fraction of sp³-hybridized carbons (Fsp3) is 0.231. The van der Waals surface area contributed by atoms with Crippen molar-refractivity contribution in [2.24, 2.45) is 5.10 Å². The van der Waals surface area contributed by atoms with Crippen LogP contribution in [0.4, 0.5) is 5.69 Å². The van der Waals surface area contributed by atoms with Gasteiger partial charge < -0.3 is 0 Å². The van der Waals surface area contributed by atoms with E-state index in [0.29, 0.717) is 11.6 Å². The third kappa shape index (κ3) is 6.08. The molecule has 3 aromatic rings. The van der Waals surface area contributed by atoms with Gasteiger partial charge in [-0.3, -0.25) is 9.10 Å². The number of hydrogen-bond donors (Lipinski definition) is 1. The molecule has 0 fully saturated rings. The van der Waals surface area contributed by atoms with Gasteiger partial charge in [-0.05, 0) is 54.7 Å². The predicted octanol–water partition coefficient (Wildman–Crippen LogP) is 4.77. The SMILES string of the molecule is Cc1ccc(N(CC(=O)N/N=C\c2ccc(C(C)C)cc2)S(=O)(=O)c2ccccc2)c(C)c1. The Labute approximate surface area is 196 Å². The standard InChI is InChI=1S/C26H29N3O3S/c1-19(2)23-13-11-22(12-14-23)17-27-28-26(30)18-29(25-15-10-20(3)16-21(25)4)33(31,32)24-8-6-5-7-9-24/h5-17,19H,18H2,1-4H3,(H,28,30)/b27-17-. The topological polar surface area (TPSA) is 78.8 Å². The summed E-state index contributed by atoms with van der Waals surface area (Å²) in [5.74, 6) is -0.108. The molecule has 1 N–H and O–H groups in total. The molecular weight excluding hydrogens is 434 g/mol. The number of anilines is 1. The molecule has 0 saturated carbocycles. The van der Waals surface area contributed by atoms with E-state index in [0.717, 1.165) is 21.0 Å². The van der Waals surface area contributed by atoms with Gasteiger partial charge in [-0.15, -0.1) is 0 Å². The van der Waals surface area contributed by atoms with E-state index in [1.165, 1.54) is 23.9 Å². The van der Waals surface area contributed by atoms with Gasteiger partial charge in [0.2, 0.25) is 0 Å². The zero-order valence-electron chi connectivity index (χ0n) is 19.3. The lowest BCUT2D eigenvalue weighted by atomic mass is 10.0. The summed E-state index contributed by atoms with van der Waals surface area (Å²) in [6, 6.07) is 21.4. The molecule has 0 aromatic heterocycles. The van der Waals surface area contributed by atoms with E-state index in [1.807, 2.05) is 50.2 Å². The van der Waals surface area contributed by atoms with Gasteiger partial charge >= 0.3 is 0 Å². The van der Waals surface area contributed by atoms with Gasteiger partial charge in [0.25, 0.3) is 15.9 Å². The van der Waals surface area contributed by atoms with E-state index >= 15 is 0 Å². The maximum atomic E-state index is 13.4. The first kappa shape index (κ1) is 24.2. The molecule has 3 aromatic carbocycles. The lowest BCUT2D eigenvalue weighted by Crippen LogP contribution is -2.40. The molecule has 7 heteroatoms. The molecule has 0 aliphatic rings. The van der Waals surface area contributed by atoms with Crippen LogP contribution in [0.1, 0.15) is 42.0 Å². The van der Waals surface area contributed by atoms with E-state index < -0.39 is 22.5 Å². The Bertz CT molecular complexity index is 1240. The molecule has 33 heavy (non-hydrogen) atoms. The number of amides is 1. The third-order valence-corrected chi connectivity index (χ3v) is 7.02. The Hall–Kier alpha value is -3.45. The first-order chi connectivity index (χ1) is 15.7. The molecular formula is C26H29N3O3S. The monoisotopic (exact) mass is 463 g/mol. The number of sulfonamides is 1. The van der Waals surface area contributed by atoms with Gasteiger partial charge in [0, 0.05) is 0 Å². The van der Waals surface area contributed by atoms with E-state index in [2.05, 4.69) is 24.4 Å². The number of rotatable bonds is 8. The number of aryl methyl sites for hydroxylation is 2. The van der Waals surface area contributed by atoms with E-state index in [9.17, 15) is 13.2 Å². The predicted molar refractivity (Wildman–Crippen MR) is 133 cm³/mol. The maximum absolute atomic E-state index is 13.4. The summed E-state index contributed by atoms with van der Waals surface area (Å²) in [5.41, 5.74) is 6.72. The summed E-state index contributed by atoms with van der Waals surface area (Å²) in [7, 11) is -3.95. The Kier molecular flexibility index (Phi) is 7.66. The van der Waals surface area contributed by atoms with Gasteiger partial charge in [0.05, 0.1) is 16.8 Å². The van der Waals surface area contributed by atoms with Crippen molar-refractivity contribution in [3.8, 4) is 0 Å². The van der Waals surface area contributed by atoms with E-state index in [-0.39, 0.29) is 4.90 Å². The highest BCUT2D eigenvalue weighted by atomic mass is 32.2. The number of carbonyl (C=O) groups is 1. The highest BCUT2D eigenvalue weighted by Gasteiger charge is 2.28. The maximum Gasteiger partial charge on any atom is 0.264 e. The summed E-state index contributed by atoms with van der Waals surface area (Å²) in [5, 5.41) is 4.01. The molecule has 3 rings (SSSR count). The van der Waals surface area contributed by atoms with Crippen molar-refractivity contribution in [1.29, 1.82) is 0 Å². The van der Waals surface area contributed by atoms with Crippen molar-refractivity contribution in [3.05, 3.63) is 95.1 Å². The summed E-state index contributed by atoms with van der Waals surface area (Å²) in [6.45, 7) is 7.60. The van der Waals surface area contributed by atoms with Gasteiger partial charge in [0.1, 0.15) is 6.54 Å². The minimum atomic E-state index is -3.95. The second-order valence-electron chi connectivity index (χ2n) is 8.23. The molecule has 0 bridgehead atoms. The largest absolute Gasteiger partial charge is 0.271 e. The second kappa shape index (κ2) is 10.4. The van der Waals surface area contributed by atoms with Crippen LogP contribution in [-0.2, 0) is 14.8 Å². The molecule has 0 atom stereocenters. The molecule has 6 nitrogen and oxygen atoms in total. The molecule has 0 saturated heterocycles. The fourth-order valence-electron chi connectivity index (χ4n) is 3.42. The van der Waals surface area contributed by atoms with Crippen LogP contribution in [0.25, 0.3) is 0 Å². The third-order valence-electron chi connectivity index (χ3n) is 5.25. The van der Waals surface area contributed by atoms with Crippen molar-refractivity contribution in [2.45, 2.75) is 38.5 Å². The summed E-state index contributed by atoms with van der Waals surface area (Å²) >= 11 is 0. The molecule has 1 amide bonds. The van der Waals surface area contributed by atoms with Gasteiger partial charge in [-0.1, -0.05) is 74.0 Å². The highest BCUT2D eigenvalue weighted by Crippen LogP contribution is 2.27. The lowest BCUT2D eigenvalue weighted by molar-refractivity contribution is -0.119. The summed E-state index contributed by atoms with van der Waals surface area (Å²) in [6.07, 6.45) is 1.54. The zero-order chi connectivity index (χ0) is 24.0. The molecule has 0 heterocycles. The average Bonchev–Trinajstić information content (AvgIpc) is 2.79. The van der Waals surface area contributed by atoms with Crippen LogP contribution in [0.15, 0.2) is 82.8 Å². The Morgan fingerprint density at radius 3 is 2.27 bits per heavy atom. The number of carbonyl (C=O) groups excluding carboxylic acids is 1. The van der Waals surface area contributed by atoms with Crippen LogP contribution in [-0.4, -0.2) is 27.1 Å². The minimum Gasteiger partial charge on any atom is -0.271 e. The summed E-state index contributed by atoms with van der Waals surface area (Å²) < 4.78 is 27.9. The highest BCUT2D eigenvalue weighted by molar-refractivity contribution is 7.92. The first-order valence-electron chi connectivity index (χ1n) is 10.8. The van der Waals surface area contributed by atoms with Crippen LogP contribution in [0.2, 0.25) is 0 Å². The minimum absolute atomic E-state index is 0.117. The van der Waals surface area contributed by atoms with Crippen molar-refractivity contribution >= 4 is 27.8 Å². The van der Waals surface area contributed by atoms with Crippen LogP contribution < -0.4 is 9.73 Å². The van der Waals surface area contributed by atoms with Gasteiger partial charge in [-0.25, -0.2) is 13.8 Å². The molecule has 172 valence electrons. The quantitative estimate of drug-likeness (QED) is 0.386. The number of nitrogens with one attached hydrogen (secondary N) is 1. The van der Waals surface area contributed by atoms with Crippen LogP contribution >= 0.6 is 0 Å². The van der Waals surface area contributed by atoms with Gasteiger partial charge in [-0.2, -0.15) is 5.10 Å². The number of hydrazone groups is 1. The Morgan fingerprint density at radius 1 is 1.00 bits per heavy atom. The molecule has 0 aliphatic heterocycles. The first-order valence-corrected chi connectivity index (χ1v) is 12.2. The van der Waals surface area contributed by atoms with Crippen molar-refractivity contribution in [1.82, 2.24) is 5.43 Å². The fourth-order valence-corrected chi connectivity index (χ4v) is 4.92. The van der Waals surface area contributed by atoms with Crippen LogP contribution in [0, 0.1) is 13.8 Å². The molecule has 0 spiro atoms. The van der Waals surface area contributed by atoms with E-state index in [1.54, 1.807) is 24.3 Å². The smallest absolute Gasteiger partial charge is 0.264 e. The Morgan fingerprint density at radius 2 is 1.67 bits per heavy atom. The normalized spacial score (nSPS) is 11.7. The van der Waals surface area contributed by atoms with Crippen molar-refractivity contribution in [2.75, 3.05) is 10.8 Å². The number of hydrogen-bond acceptors (Lipinski definition) is 4.